The summed E-state index contributed by atoms with van der Waals surface area (Å²) in [6, 6.07) is 15.8. The normalized spacial score (nSPS) is 13.8. The van der Waals surface area contributed by atoms with Crippen molar-refractivity contribution in [3.63, 3.8) is 0 Å². The zero-order valence-corrected chi connectivity index (χ0v) is 15.4. The first-order valence-corrected chi connectivity index (χ1v) is 8.91. The van der Waals surface area contributed by atoms with E-state index in [-0.39, 0.29) is 18.1 Å². The number of anilines is 1. The molecule has 1 fully saturated rings. The Labute approximate surface area is 162 Å². The van der Waals surface area contributed by atoms with E-state index in [1.165, 1.54) is 6.07 Å². The van der Waals surface area contributed by atoms with E-state index in [4.69, 9.17) is 21.6 Å². The standard InChI is InChI=1S/C20H18ClN3O3/c21-17-6-1-2-7-18(17)23-8-10-24(11-9-23)19(25)14-27-20(26)16-5-3-4-15(12-16)13-22/h1-7,12H,8-11,14H2. The highest BCUT2D eigenvalue weighted by molar-refractivity contribution is 6.33. The Kier molecular flexibility index (Phi) is 5.94. The largest absolute Gasteiger partial charge is 0.452 e. The van der Waals surface area contributed by atoms with Crippen molar-refractivity contribution >= 4 is 29.2 Å². The van der Waals surface area contributed by atoms with E-state index in [1.54, 1.807) is 23.1 Å². The van der Waals surface area contributed by atoms with Crippen LogP contribution in [0.3, 0.4) is 0 Å². The summed E-state index contributed by atoms with van der Waals surface area (Å²) in [6.45, 7) is 2.07. The summed E-state index contributed by atoms with van der Waals surface area (Å²) in [5, 5.41) is 9.56. The minimum absolute atomic E-state index is 0.237. The molecule has 7 heteroatoms. The summed E-state index contributed by atoms with van der Waals surface area (Å²) >= 11 is 6.22. The highest BCUT2D eigenvalue weighted by atomic mass is 35.5. The van der Waals surface area contributed by atoms with Crippen LogP contribution in [0.25, 0.3) is 0 Å². The first kappa shape index (κ1) is 18.7. The van der Waals surface area contributed by atoms with Crippen LogP contribution in [-0.4, -0.2) is 49.6 Å². The van der Waals surface area contributed by atoms with Gasteiger partial charge in [-0.3, -0.25) is 4.79 Å². The second-order valence-electron chi connectivity index (χ2n) is 6.09. The Hall–Kier alpha value is -3.04. The highest BCUT2D eigenvalue weighted by Crippen LogP contribution is 2.26. The summed E-state index contributed by atoms with van der Waals surface area (Å²) in [5.74, 6) is -0.853. The number of hydrogen-bond acceptors (Lipinski definition) is 5. The molecule has 2 aromatic carbocycles. The van der Waals surface area contributed by atoms with E-state index in [1.807, 2.05) is 30.3 Å². The highest BCUT2D eigenvalue weighted by Gasteiger charge is 2.23. The molecule has 2 aromatic rings. The average molecular weight is 384 g/mol. The molecule has 6 nitrogen and oxygen atoms in total. The van der Waals surface area contributed by atoms with Crippen LogP contribution in [0.15, 0.2) is 48.5 Å². The van der Waals surface area contributed by atoms with Crippen molar-refractivity contribution in [1.82, 2.24) is 4.90 Å². The fourth-order valence-electron chi connectivity index (χ4n) is 2.92. The van der Waals surface area contributed by atoms with Gasteiger partial charge in [-0.2, -0.15) is 5.26 Å². The maximum Gasteiger partial charge on any atom is 0.338 e. The molecule has 1 aliphatic heterocycles. The van der Waals surface area contributed by atoms with Gasteiger partial charge >= 0.3 is 5.97 Å². The molecule has 0 radical (unpaired) electrons. The number of ether oxygens (including phenoxy) is 1. The van der Waals surface area contributed by atoms with Gasteiger partial charge in [0, 0.05) is 26.2 Å². The number of rotatable bonds is 4. The summed E-state index contributed by atoms with van der Waals surface area (Å²) in [5.41, 5.74) is 1.58. The molecule has 0 unspecified atom stereocenters. The van der Waals surface area contributed by atoms with Gasteiger partial charge in [0.1, 0.15) is 0 Å². The Morgan fingerprint density at radius 2 is 1.81 bits per heavy atom. The molecule has 3 rings (SSSR count). The lowest BCUT2D eigenvalue weighted by atomic mass is 10.1. The molecule has 1 saturated heterocycles. The quantitative estimate of drug-likeness (QED) is 0.759. The van der Waals surface area contributed by atoms with E-state index in [9.17, 15) is 9.59 Å². The molecule has 0 aliphatic carbocycles. The minimum Gasteiger partial charge on any atom is -0.452 e. The third-order valence-corrected chi connectivity index (χ3v) is 4.70. The summed E-state index contributed by atoms with van der Waals surface area (Å²) in [6.07, 6.45) is 0. The van der Waals surface area contributed by atoms with Gasteiger partial charge in [0.05, 0.1) is 27.9 Å². The molecule has 138 valence electrons. The predicted octanol–water partition coefficient (Wildman–Crippen LogP) is 2.72. The fourth-order valence-corrected chi connectivity index (χ4v) is 3.18. The van der Waals surface area contributed by atoms with Crippen LogP contribution in [0, 0.1) is 11.3 Å². The van der Waals surface area contributed by atoms with Gasteiger partial charge in [-0.05, 0) is 30.3 Å². The number of carbonyl (C=O) groups is 2. The van der Waals surface area contributed by atoms with Gasteiger partial charge < -0.3 is 14.5 Å². The number of para-hydroxylation sites is 1. The zero-order valence-electron chi connectivity index (χ0n) is 14.6. The molecular formula is C20H18ClN3O3. The monoisotopic (exact) mass is 383 g/mol. The number of benzene rings is 2. The van der Waals surface area contributed by atoms with Gasteiger partial charge in [0.2, 0.25) is 0 Å². The lowest BCUT2D eigenvalue weighted by molar-refractivity contribution is -0.134. The van der Waals surface area contributed by atoms with Gasteiger partial charge in [-0.1, -0.05) is 29.8 Å². The topological polar surface area (TPSA) is 73.6 Å². The second kappa shape index (κ2) is 8.56. The SMILES string of the molecule is N#Cc1cccc(C(=O)OCC(=O)N2CCN(c3ccccc3Cl)CC2)c1. The van der Waals surface area contributed by atoms with E-state index in [2.05, 4.69) is 4.90 Å². The summed E-state index contributed by atoms with van der Waals surface area (Å²) < 4.78 is 5.10. The van der Waals surface area contributed by atoms with Gasteiger partial charge in [0.15, 0.2) is 6.61 Å². The average Bonchev–Trinajstić information content (AvgIpc) is 2.72. The third kappa shape index (κ3) is 4.57. The fraction of sp³-hybridized carbons (Fsp3) is 0.250. The van der Waals surface area contributed by atoms with Gasteiger partial charge in [-0.15, -0.1) is 0 Å². The molecule has 0 aromatic heterocycles. The summed E-state index contributed by atoms with van der Waals surface area (Å²) in [4.78, 5) is 28.2. The van der Waals surface area contributed by atoms with Gasteiger partial charge in [0.25, 0.3) is 5.91 Å². The number of nitrogens with zero attached hydrogens (tertiary/aromatic N) is 3. The van der Waals surface area contributed by atoms with Crippen LogP contribution in [0.2, 0.25) is 5.02 Å². The molecule has 0 N–H and O–H groups in total. The Morgan fingerprint density at radius 1 is 1.07 bits per heavy atom. The van der Waals surface area contributed by atoms with Crippen molar-refractivity contribution in [3.8, 4) is 6.07 Å². The molecule has 0 saturated carbocycles. The first-order valence-electron chi connectivity index (χ1n) is 8.53. The Bertz CT molecular complexity index is 886. The maximum atomic E-state index is 12.3. The number of piperazine rings is 1. The van der Waals surface area contributed by atoms with Crippen LogP contribution in [0.5, 0.6) is 0 Å². The lowest BCUT2D eigenvalue weighted by Crippen LogP contribution is -2.50. The van der Waals surface area contributed by atoms with Crippen LogP contribution < -0.4 is 4.90 Å². The number of halogens is 1. The molecule has 27 heavy (non-hydrogen) atoms. The molecule has 0 atom stereocenters. The van der Waals surface area contributed by atoms with Crippen LogP contribution in [0.4, 0.5) is 5.69 Å². The number of nitriles is 1. The first-order chi connectivity index (χ1) is 13.1. The maximum absolute atomic E-state index is 12.3. The number of hydrogen-bond donors (Lipinski definition) is 0. The molecular weight excluding hydrogens is 366 g/mol. The molecule has 1 aliphatic rings. The van der Waals surface area contributed by atoms with E-state index in [0.29, 0.717) is 36.8 Å². The molecule has 1 amide bonds. The minimum atomic E-state index is -0.616. The van der Waals surface area contributed by atoms with Crippen molar-refractivity contribution < 1.29 is 14.3 Å². The third-order valence-electron chi connectivity index (χ3n) is 4.38. The van der Waals surface area contributed by atoms with E-state index >= 15 is 0 Å². The van der Waals surface area contributed by atoms with Crippen molar-refractivity contribution in [2.24, 2.45) is 0 Å². The molecule has 0 bridgehead atoms. The van der Waals surface area contributed by atoms with Crippen LogP contribution in [-0.2, 0) is 9.53 Å². The van der Waals surface area contributed by atoms with Gasteiger partial charge in [-0.25, -0.2) is 4.79 Å². The molecule has 1 heterocycles. The number of esters is 1. The van der Waals surface area contributed by atoms with Crippen LogP contribution in [0.1, 0.15) is 15.9 Å². The second-order valence-corrected chi connectivity index (χ2v) is 6.50. The lowest BCUT2D eigenvalue weighted by Gasteiger charge is -2.36. The Balaban J connectivity index is 1.50. The number of carbonyl (C=O) groups excluding carboxylic acids is 2. The predicted molar refractivity (Wildman–Crippen MR) is 102 cm³/mol. The summed E-state index contributed by atoms with van der Waals surface area (Å²) in [7, 11) is 0. The van der Waals surface area contributed by atoms with E-state index in [0.717, 1.165) is 5.69 Å². The van der Waals surface area contributed by atoms with Crippen molar-refractivity contribution in [2.45, 2.75) is 0 Å². The van der Waals surface area contributed by atoms with Crippen LogP contribution >= 0.6 is 11.6 Å². The van der Waals surface area contributed by atoms with Crippen molar-refractivity contribution in [2.75, 3.05) is 37.7 Å². The smallest absolute Gasteiger partial charge is 0.338 e. The number of amides is 1. The zero-order chi connectivity index (χ0) is 19.2. The van der Waals surface area contributed by atoms with E-state index < -0.39 is 5.97 Å². The molecule has 0 spiro atoms. The Morgan fingerprint density at radius 3 is 2.52 bits per heavy atom. The van der Waals surface area contributed by atoms with Crippen molar-refractivity contribution in [3.05, 3.63) is 64.7 Å². The van der Waals surface area contributed by atoms with Crippen molar-refractivity contribution in [1.29, 1.82) is 5.26 Å².